The fourth-order valence-corrected chi connectivity index (χ4v) is 1.93. The highest BCUT2D eigenvalue weighted by atomic mass is 35.5. The molecule has 14 heavy (non-hydrogen) atoms. The highest BCUT2D eigenvalue weighted by Crippen LogP contribution is 2.18. The van der Waals surface area contributed by atoms with Gasteiger partial charge in [0.2, 0.25) is 0 Å². The van der Waals surface area contributed by atoms with Crippen molar-refractivity contribution in [2.24, 2.45) is 0 Å². The van der Waals surface area contributed by atoms with Crippen molar-refractivity contribution in [2.75, 3.05) is 11.9 Å². The van der Waals surface area contributed by atoms with E-state index in [2.05, 4.69) is 20.3 Å². The molecule has 74 valence electrons. The van der Waals surface area contributed by atoms with E-state index in [0.717, 1.165) is 23.8 Å². The van der Waals surface area contributed by atoms with Gasteiger partial charge < -0.3 is 10.3 Å². The number of hydrogen-bond acceptors (Lipinski definition) is 4. The Labute approximate surface area is 90.4 Å². The Kier molecular flexibility index (Phi) is 3.00. The lowest BCUT2D eigenvalue weighted by molar-refractivity contribution is 0.974. The number of nitrogens with zero attached hydrogens (tertiary/aromatic N) is 2. The zero-order chi connectivity index (χ0) is 9.80. The quantitative estimate of drug-likeness (QED) is 0.844. The van der Waals surface area contributed by atoms with Crippen LogP contribution >= 0.6 is 22.9 Å². The summed E-state index contributed by atoms with van der Waals surface area (Å²) in [5, 5.41) is 6.38. The first-order chi connectivity index (χ1) is 6.84. The first kappa shape index (κ1) is 9.48. The van der Waals surface area contributed by atoms with Gasteiger partial charge in [-0.25, -0.2) is 9.97 Å². The predicted octanol–water partition coefficient (Wildman–Crippen LogP) is 2.17. The lowest BCUT2D eigenvalue weighted by Gasteiger charge is -1.99. The highest BCUT2D eigenvalue weighted by Gasteiger charge is 1.98. The van der Waals surface area contributed by atoms with Gasteiger partial charge in [0.25, 0.3) is 0 Å². The molecule has 2 aromatic rings. The van der Waals surface area contributed by atoms with E-state index in [-0.39, 0.29) is 0 Å². The minimum absolute atomic E-state index is 0.541. The highest BCUT2D eigenvalue weighted by molar-refractivity contribution is 7.14. The third-order valence-corrected chi connectivity index (χ3v) is 2.82. The molecule has 0 aliphatic carbocycles. The Morgan fingerprint density at radius 1 is 1.57 bits per heavy atom. The number of thiazole rings is 1. The van der Waals surface area contributed by atoms with Crippen LogP contribution < -0.4 is 5.32 Å². The Morgan fingerprint density at radius 2 is 2.50 bits per heavy atom. The Hall–Kier alpha value is -1.07. The first-order valence-corrected chi connectivity index (χ1v) is 5.42. The molecule has 0 spiro atoms. The van der Waals surface area contributed by atoms with Gasteiger partial charge in [0.1, 0.15) is 5.15 Å². The van der Waals surface area contributed by atoms with Crippen LogP contribution in [0.3, 0.4) is 0 Å². The summed E-state index contributed by atoms with van der Waals surface area (Å²) in [4.78, 5) is 11.0. The topological polar surface area (TPSA) is 53.6 Å². The van der Waals surface area contributed by atoms with Crippen molar-refractivity contribution in [2.45, 2.75) is 6.42 Å². The van der Waals surface area contributed by atoms with Gasteiger partial charge in [-0.05, 0) is 0 Å². The van der Waals surface area contributed by atoms with Crippen molar-refractivity contribution in [3.63, 3.8) is 0 Å². The molecular formula is C8H9ClN4S. The van der Waals surface area contributed by atoms with Crippen molar-refractivity contribution in [1.29, 1.82) is 0 Å². The normalized spacial score (nSPS) is 10.4. The summed E-state index contributed by atoms with van der Waals surface area (Å²) in [5.74, 6) is 0. The second kappa shape index (κ2) is 4.43. The van der Waals surface area contributed by atoms with Gasteiger partial charge in [0.05, 0.1) is 6.33 Å². The SMILES string of the molecule is Clc1csc(NCCc2cnc[nH]2)n1. The number of halogens is 1. The molecule has 0 aliphatic rings. The maximum atomic E-state index is 5.68. The number of aromatic amines is 1. The molecule has 0 fully saturated rings. The number of imidazole rings is 1. The van der Waals surface area contributed by atoms with Crippen LogP contribution in [-0.2, 0) is 6.42 Å². The van der Waals surface area contributed by atoms with Crippen LogP contribution in [0.25, 0.3) is 0 Å². The molecule has 0 atom stereocenters. The largest absolute Gasteiger partial charge is 0.361 e. The van der Waals surface area contributed by atoms with E-state index in [1.54, 1.807) is 11.7 Å². The standard InChI is InChI=1S/C8H9ClN4S/c9-7-4-14-8(13-7)11-2-1-6-3-10-5-12-6/h3-5H,1-2H2,(H,10,12)(H,11,13). The summed E-state index contributed by atoms with van der Waals surface area (Å²) in [5.41, 5.74) is 1.11. The van der Waals surface area contributed by atoms with Gasteiger partial charge in [0, 0.05) is 30.2 Å². The molecule has 0 aromatic carbocycles. The fraction of sp³-hybridized carbons (Fsp3) is 0.250. The molecule has 0 saturated carbocycles. The summed E-state index contributed by atoms with van der Waals surface area (Å²) < 4.78 is 0. The third-order valence-electron chi connectivity index (χ3n) is 1.70. The average Bonchev–Trinajstić information content (AvgIpc) is 2.77. The number of anilines is 1. The van der Waals surface area contributed by atoms with Crippen molar-refractivity contribution in [3.05, 3.63) is 28.8 Å². The Balaban J connectivity index is 1.78. The second-order valence-electron chi connectivity index (χ2n) is 2.73. The number of aromatic nitrogens is 3. The maximum absolute atomic E-state index is 5.68. The molecule has 0 saturated heterocycles. The summed E-state index contributed by atoms with van der Waals surface area (Å²) >= 11 is 7.19. The van der Waals surface area contributed by atoms with Crippen LogP contribution in [0.2, 0.25) is 5.15 Å². The smallest absolute Gasteiger partial charge is 0.184 e. The van der Waals surface area contributed by atoms with Crippen LogP contribution in [0.4, 0.5) is 5.13 Å². The molecule has 4 nitrogen and oxygen atoms in total. The Bertz CT molecular complexity index is 384. The first-order valence-electron chi connectivity index (χ1n) is 4.17. The molecular weight excluding hydrogens is 220 g/mol. The molecule has 2 heterocycles. The summed E-state index contributed by atoms with van der Waals surface area (Å²) in [6.07, 6.45) is 4.39. The van der Waals surface area contributed by atoms with Crippen LogP contribution in [-0.4, -0.2) is 21.5 Å². The van der Waals surface area contributed by atoms with Gasteiger partial charge in [-0.3, -0.25) is 0 Å². The van der Waals surface area contributed by atoms with Crippen LogP contribution in [0.5, 0.6) is 0 Å². The lowest BCUT2D eigenvalue weighted by atomic mass is 10.3. The van der Waals surface area contributed by atoms with Gasteiger partial charge in [-0.2, -0.15) is 0 Å². The molecule has 6 heteroatoms. The Morgan fingerprint density at radius 3 is 3.14 bits per heavy atom. The van der Waals surface area contributed by atoms with E-state index in [1.165, 1.54) is 11.3 Å². The second-order valence-corrected chi connectivity index (χ2v) is 3.97. The van der Waals surface area contributed by atoms with E-state index in [1.807, 2.05) is 6.20 Å². The maximum Gasteiger partial charge on any atom is 0.184 e. The lowest BCUT2D eigenvalue weighted by Crippen LogP contribution is -2.04. The monoisotopic (exact) mass is 228 g/mol. The molecule has 0 aliphatic heterocycles. The van der Waals surface area contributed by atoms with E-state index in [4.69, 9.17) is 11.6 Å². The predicted molar refractivity (Wildman–Crippen MR) is 57.9 cm³/mol. The molecule has 2 N–H and O–H groups in total. The zero-order valence-electron chi connectivity index (χ0n) is 7.33. The van der Waals surface area contributed by atoms with Crippen molar-refractivity contribution < 1.29 is 0 Å². The van der Waals surface area contributed by atoms with E-state index >= 15 is 0 Å². The van der Waals surface area contributed by atoms with Crippen LogP contribution in [0.1, 0.15) is 5.69 Å². The third kappa shape index (κ3) is 2.46. The zero-order valence-corrected chi connectivity index (χ0v) is 8.90. The summed E-state index contributed by atoms with van der Waals surface area (Å²) in [7, 11) is 0. The van der Waals surface area contributed by atoms with Crippen molar-refractivity contribution in [3.8, 4) is 0 Å². The van der Waals surface area contributed by atoms with Gasteiger partial charge in [-0.15, -0.1) is 11.3 Å². The van der Waals surface area contributed by atoms with E-state index in [9.17, 15) is 0 Å². The van der Waals surface area contributed by atoms with Gasteiger partial charge in [-0.1, -0.05) is 11.6 Å². The van der Waals surface area contributed by atoms with Crippen LogP contribution in [0.15, 0.2) is 17.9 Å². The number of nitrogens with one attached hydrogen (secondary N) is 2. The van der Waals surface area contributed by atoms with Crippen molar-refractivity contribution >= 4 is 28.1 Å². The van der Waals surface area contributed by atoms with E-state index < -0.39 is 0 Å². The number of H-pyrrole nitrogens is 1. The van der Waals surface area contributed by atoms with E-state index in [0.29, 0.717) is 5.15 Å². The molecule has 0 radical (unpaired) electrons. The van der Waals surface area contributed by atoms with Gasteiger partial charge in [0.15, 0.2) is 5.13 Å². The van der Waals surface area contributed by atoms with Gasteiger partial charge >= 0.3 is 0 Å². The minimum atomic E-state index is 0.541. The molecule has 0 amide bonds. The molecule has 2 rings (SSSR count). The molecule has 0 unspecified atom stereocenters. The van der Waals surface area contributed by atoms with Crippen LogP contribution in [0, 0.1) is 0 Å². The minimum Gasteiger partial charge on any atom is -0.361 e. The number of rotatable bonds is 4. The fourth-order valence-electron chi connectivity index (χ4n) is 1.06. The molecule has 2 aromatic heterocycles. The average molecular weight is 229 g/mol. The summed E-state index contributed by atoms with van der Waals surface area (Å²) in [6.45, 7) is 0.825. The number of hydrogen-bond donors (Lipinski definition) is 2. The molecule has 0 bridgehead atoms. The van der Waals surface area contributed by atoms with Crippen molar-refractivity contribution in [1.82, 2.24) is 15.0 Å². The summed E-state index contributed by atoms with van der Waals surface area (Å²) in [6, 6.07) is 0.